The van der Waals surface area contributed by atoms with Gasteiger partial charge in [0.2, 0.25) is 0 Å². The first-order chi connectivity index (χ1) is 14.2. The Morgan fingerprint density at radius 1 is 1.03 bits per heavy atom. The molecule has 4 rings (SSSR count). The molecule has 0 saturated heterocycles. The van der Waals surface area contributed by atoms with E-state index in [4.69, 9.17) is 16.3 Å². The summed E-state index contributed by atoms with van der Waals surface area (Å²) in [6, 6.07) is 16.6. The van der Waals surface area contributed by atoms with Crippen molar-refractivity contribution in [3.8, 4) is 11.1 Å². The number of amides is 1. The predicted molar refractivity (Wildman–Crippen MR) is 114 cm³/mol. The third kappa shape index (κ3) is 4.46. The summed E-state index contributed by atoms with van der Waals surface area (Å²) < 4.78 is 5.50. The number of hydrogen-bond acceptors (Lipinski definition) is 4. The zero-order chi connectivity index (χ0) is 20.1. The van der Waals surface area contributed by atoms with Crippen LogP contribution in [0.15, 0.2) is 67.0 Å². The Balaban J connectivity index is 1.27. The first-order valence-electron chi connectivity index (χ1n) is 9.45. The number of nitrogens with one attached hydrogen (secondary N) is 1. The smallest absolute Gasteiger partial charge is 0.407 e. The van der Waals surface area contributed by atoms with Gasteiger partial charge in [-0.1, -0.05) is 66.2 Å². The fourth-order valence-electron chi connectivity index (χ4n) is 3.50. The second-order valence-electron chi connectivity index (χ2n) is 6.70. The highest BCUT2D eigenvalue weighted by molar-refractivity contribution is 6.30. The maximum absolute atomic E-state index is 12.1. The van der Waals surface area contributed by atoms with E-state index in [-0.39, 0.29) is 5.92 Å². The van der Waals surface area contributed by atoms with Gasteiger partial charge in [0.25, 0.3) is 0 Å². The van der Waals surface area contributed by atoms with Crippen molar-refractivity contribution >= 4 is 23.8 Å². The molecule has 0 aliphatic heterocycles. The summed E-state index contributed by atoms with van der Waals surface area (Å²) >= 11 is 5.75. The maximum Gasteiger partial charge on any atom is 0.407 e. The van der Waals surface area contributed by atoms with Gasteiger partial charge >= 0.3 is 6.09 Å². The van der Waals surface area contributed by atoms with E-state index in [2.05, 4.69) is 39.6 Å². The van der Waals surface area contributed by atoms with E-state index < -0.39 is 6.09 Å². The summed E-state index contributed by atoms with van der Waals surface area (Å²) in [4.78, 5) is 20.3. The molecule has 0 atom stereocenters. The number of halogens is 1. The lowest BCUT2D eigenvalue weighted by Crippen LogP contribution is -2.26. The molecule has 1 amide bonds. The number of carbonyl (C=O) groups excluding carboxylic acids is 1. The molecule has 2 aromatic carbocycles. The number of benzene rings is 2. The topological polar surface area (TPSA) is 64.1 Å². The fraction of sp³-hybridized carbons (Fsp3) is 0.174. The molecule has 29 heavy (non-hydrogen) atoms. The molecule has 1 N–H and O–H groups in total. The molecule has 146 valence electrons. The lowest BCUT2D eigenvalue weighted by Gasteiger charge is -2.14. The second kappa shape index (κ2) is 8.88. The number of hydrogen-bond donors (Lipinski definition) is 1. The Morgan fingerprint density at radius 3 is 2.31 bits per heavy atom. The summed E-state index contributed by atoms with van der Waals surface area (Å²) in [5.74, 6) is 0.644. The first kappa shape index (κ1) is 19.2. The number of fused-ring (bicyclic) bond motifs is 3. The van der Waals surface area contributed by atoms with Gasteiger partial charge in [-0.2, -0.15) is 0 Å². The van der Waals surface area contributed by atoms with E-state index in [0.29, 0.717) is 30.4 Å². The lowest BCUT2D eigenvalue weighted by molar-refractivity contribution is 0.143. The summed E-state index contributed by atoms with van der Waals surface area (Å²) in [7, 11) is 0. The SMILES string of the molecule is O=C(NCCC=Cc1ncc(Cl)cn1)OCC1c2ccccc2-c2ccccc21. The third-order valence-electron chi connectivity index (χ3n) is 4.83. The zero-order valence-corrected chi connectivity index (χ0v) is 16.5. The van der Waals surface area contributed by atoms with Crippen LogP contribution in [0.1, 0.15) is 29.3 Å². The normalized spacial score (nSPS) is 12.6. The Kier molecular flexibility index (Phi) is 5.86. The fourth-order valence-corrected chi connectivity index (χ4v) is 3.60. The zero-order valence-electron chi connectivity index (χ0n) is 15.7. The number of carbonyl (C=O) groups is 1. The van der Waals surface area contributed by atoms with Crippen LogP contribution in [0.2, 0.25) is 5.02 Å². The van der Waals surface area contributed by atoms with Crippen molar-refractivity contribution in [3.05, 3.63) is 89.0 Å². The van der Waals surface area contributed by atoms with Crippen molar-refractivity contribution in [1.82, 2.24) is 15.3 Å². The van der Waals surface area contributed by atoms with Gasteiger partial charge in [0.05, 0.1) is 5.02 Å². The molecule has 0 unspecified atom stereocenters. The minimum absolute atomic E-state index is 0.0649. The summed E-state index contributed by atoms with van der Waals surface area (Å²) in [6.07, 6.45) is 7.01. The summed E-state index contributed by atoms with van der Waals surface area (Å²) in [6.45, 7) is 0.787. The van der Waals surface area contributed by atoms with Crippen LogP contribution in [-0.4, -0.2) is 29.2 Å². The molecular weight excluding hydrogens is 386 g/mol. The van der Waals surface area contributed by atoms with E-state index in [1.807, 2.05) is 30.3 Å². The van der Waals surface area contributed by atoms with E-state index in [0.717, 1.165) is 0 Å². The number of alkyl carbamates (subject to hydrolysis) is 1. The highest BCUT2D eigenvalue weighted by Gasteiger charge is 2.28. The van der Waals surface area contributed by atoms with Gasteiger partial charge in [-0.25, -0.2) is 14.8 Å². The highest BCUT2D eigenvalue weighted by atomic mass is 35.5. The quantitative estimate of drug-likeness (QED) is 0.581. The van der Waals surface area contributed by atoms with Crippen LogP contribution in [0.25, 0.3) is 17.2 Å². The highest BCUT2D eigenvalue weighted by Crippen LogP contribution is 2.44. The van der Waals surface area contributed by atoms with Gasteiger partial charge in [-0.05, 0) is 34.8 Å². The van der Waals surface area contributed by atoms with Gasteiger partial charge in [-0.3, -0.25) is 0 Å². The molecule has 3 aromatic rings. The third-order valence-corrected chi connectivity index (χ3v) is 5.03. The minimum atomic E-state index is -0.414. The lowest BCUT2D eigenvalue weighted by atomic mass is 9.98. The number of aromatic nitrogens is 2. The monoisotopic (exact) mass is 405 g/mol. The molecule has 1 aliphatic carbocycles. The molecular formula is C23H20ClN3O2. The van der Waals surface area contributed by atoms with Gasteiger partial charge in [0, 0.05) is 24.9 Å². The molecule has 0 saturated carbocycles. The van der Waals surface area contributed by atoms with Crippen molar-refractivity contribution in [2.45, 2.75) is 12.3 Å². The van der Waals surface area contributed by atoms with Crippen LogP contribution in [0, 0.1) is 0 Å². The van der Waals surface area contributed by atoms with Gasteiger partial charge in [0.15, 0.2) is 5.82 Å². The summed E-state index contributed by atoms with van der Waals surface area (Å²) in [5.41, 5.74) is 4.83. The van der Waals surface area contributed by atoms with Crippen LogP contribution in [-0.2, 0) is 4.74 Å². The van der Waals surface area contributed by atoms with Crippen molar-refractivity contribution in [3.63, 3.8) is 0 Å². The molecule has 1 aliphatic rings. The van der Waals surface area contributed by atoms with Crippen LogP contribution >= 0.6 is 11.6 Å². The molecule has 1 heterocycles. The van der Waals surface area contributed by atoms with E-state index in [1.54, 1.807) is 18.5 Å². The molecule has 1 aromatic heterocycles. The maximum atomic E-state index is 12.1. The average molecular weight is 406 g/mol. The van der Waals surface area contributed by atoms with Gasteiger partial charge in [-0.15, -0.1) is 0 Å². The van der Waals surface area contributed by atoms with Crippen molar-refractivity contribution < 1.29 is 9.53 Å². The Hall–Kier alpha value is -3.18. The van der Waals surface area contributed by atoms with Crippen molar-refractivity contribution in [2.24, 2.45) is 0 Å². The molecule has 6 heteroatoms. The van der Waals surface area contributed by atoms with Crippen LogP contribution in [0.4, 0.5) is 4.79 Å². The average Bonchev–Trinajstić information content (AvgIpc) is 3.07. The van der Waals surface area contributed by atoms with Crippen molar-refractivity contribution in [1.29, 1.82) is 0 Å². The Morgan fingerprint density at radius 2 is 1.66 bits per heavy atom. The predicted octanol–water partition coefficient (Wildman–Crippen LogP) is 5.07. The molecule has 0 radical (unpaired) electrons. The number of rotatable bonds is 6. The van der Waals surface area contributed by atoms with E-state index >= 15 is 0 Å². The Labute approximate surface area is 174 Å². The number of nitrogens with zero attached hydrogens (tertiary/aromatic N) is 2. The van der Waals surface area contributed by atoms with Crippen molar-refractivity contribution in [2.75, 3.05) is 13.2 Å². The van der Waals surface area contributed by atoms with Gasteiger partial charge < -0.3 is 10.1 Å². The van der Waals surface area contributed by atoms with Gasteiger partial charge in [0.1, 0.15) is 6.61 Å². The van der Waals surface area contributed by atoms with E-state index in [1.165, 1.54) is 22.3 Å². The van der Waals surface area contributed by atoms with Crippen LogP contribution in [0.3, 0.4) is 0 Å². The molecule has 0 spiro atoms. The molecule has 0 fully saturated rings. The first-order valence-corrected chi connectivity index (χ1v) is 9.83. The van der Waals surface area contributed by atoms with Crippen LogP contribution in [0.5, 0.6) is 0 Å². The summed E-state index contributed by atoms with van der Waals surface area (Å²) in [5, 5.41) is 3.27. The molecule has 0 bridgehead atoms. The van der Waals surface area contributed by atoms with Crippen LogP contribution < -0.4 is 5.32 Å². The largest absolute Gasteiger partial charge is 0.449 e. The molecule has 5 nitrogen and oxygen atoms in total. The number of ether oxygens (including phenoxy) is 1. The minimum Gasteiger partial charge on any atom is -0.449 e. The Bertz CT molecular complexity index is 989. The second-order valence-corrected chi connectivity index (χ2v) is 7.14. The standard InChI is InChI=1S/C23H20ClN3O2/c24-16-13-26-22(27-14-16)11-5-6-12-25-23(28)29-15-21-19-9-3-1-7-17(19)18-8-2-4-10-20(18)21/h1-5,7-11,13-14,21H,6,12,15H2,(H,25,28). The van der Waals surface area contributed by atoms with E-state index in [9.17, 15) is 4.79 Å².